The van der Waals surface area contributed by atoms with Gasteiger partial charge in [0.1, 0.15) is 0 Å². The Bertz CT molecular complexity index is 286. The summed E-state index contributed by atoms with van der Waals surface area (Å²) in [5, 5.41) is 6.64. The molecule has 1 aliphatic carbocycles. The summed E-state index contributed by atoms with van der Waals surface area (Å²) in [6.45, 7) is 5.41. The Morgan fingerprint density at radius 2 is 2.00 bits per heavy atom. The maximum atomic E-state index is 12.3. The third kappa shape index (κ3) is 4.20. The molecule has 2 unspecified atom stereocenters. The Labute approximate surface area is 117 Å². The molecule has 1 heterocycles. The highest BCUT2D eigenvalue weighted by Crippen LogP contribution is 2.26. The molecule has 0 spiro atoms. The lowest BCUT2D eigenvalue weighted by molar-refractivity contribution is -0.125. The van der Waals surface area contributed by atoms with Crippen molar-refractivity contribution < 1.29 is 4.79 Å². The molecule has 2 N–H and O–H groups in total. The average molecular weight is 266 g/mol. The molecule has 0 aromatic rings. The normalized spacial score (nSPS) is 30.8. The molecule has 19 heavy (non-hydrogen) atoms. The molecular weight excluding hydrogens is 236 g/mol. The third-order valence-corrected chi connectivity index (χ3v) is 5.13. The lowest BCUT2D eigenvalue weighted by Crippen LogP contribution is -2.52. The summed E-state index contributed by atoms with van der Waals surface area (Å²) in [5.74, 6) is 1.65. The Hall–Kier alpha value is -0.570. The van der Waals surface area contributed by atoms with Crippen LogP contribution in [0.25, 0.3) is 0 Å². The Balaban J connectivity index is 1.79. The summed E-state index contributed by atoms with van der Waals surface area (Å²) in [5.41, 5.74) is 0. The van der Waals surface area contributed by atoms with Gasteiger partial charge in [0, 0.05) is 6.04 Å². The number of piperidine rings is 1. The minimum absolute atomic E-state index is 0.0461. The van der Waals surface area contributed by atoms with Crippen molar-refractivity contribution in [2.75, 3.05) is 6.54 Å². The van der Waals surface area contributed by atoms with E-state index in [1.807, 2.05) is 0 Å². The molecule has 2 fully saturated rings. The lowest BCUT2D eigenvalue weighted by atomic mass is 9.84. The van der Waals surface area contributed by atoms with Crippen LogP contribution in [0.5, 0.6) is 0 Å². The first kappa shape index (κ1) is 14.8. The van der Waals surface area contributed by atoms with Gasteiger partial charge in [0.15, 0.2) is 0 Å². The topological polar surface area (TPSA) is 41.1 Å². The minimum atomic E-state index is 0.0461. The molecule has 1 saturated carbocycles. The predicted octanol–water partition coefficient (Wildman–Crippen LogP) is 2.85. The van der Waals surface area contributed by atoms with Crippen LogP contribution in [0.4, 0.5) is 0 Å². The lowest BCUT2D eigenvalue weighted by Gasteiger charge is -2.32. The van der Waals surface area contributed by atoms with E-state index < -0.39 is 0 Å². The average Bonchev–Trinajstić information content (AvgIpc) is 2.48. The van der Waals surface area contributed by atoms with E-state index >= 15 is 0 Å². The number of amides is 1. The van der Waals surface area contributed by atoms with Gasteiger partial charge in [0.05, 0.1) is 6.04 Å². The quantitative estimate of drug-likeness (QED) is 0.821. The zero-order chi connectivity index (χ0) is 13.7. The largest absolute Gasteiger partial charge is 0.352 e. The summed E-state index contributed by atoms with van der Waals surface area (Å²) < 4.78 is 0. The maximum absolute atomic E-state index is 12.3. The highest BCUT2D eigenvalue weighted by molar-refractivity contribution is 5.82. The number of carbonyl (C=O) groups excluding carboxylic acids is 1. The number of hydrogen-bond acceptors (Lipinski definition) is 2. The van der Waals surface area contributed by atoms with E-state index in [-0.39, 0.29) is 11.9 Å². The van der Waals surface area contributed by atoms with E-state index in [2.05, 4.69) is 24.5 Å². The van der Waals surface area contributed by atoms with Crippen molar-refractivity contribution in [2.24, 2.45) is 11.8 Å². The van der Waals surface area contributed by atoms with Crippen LogP contribution >= 0.6 is 0 Å². The summed E-state index contributed by atoms with van der Waals surface area (Å²) in [4.78, 5) is 12.3. The van der Waals surface area contributed by atoms with Gasteiger partial charge in [-0.3, -0.25) is 4.79 Å². The molecule has 1 aliphatic heterocycles. The van der Waals surface area contributed by atoms with Gasteiger partial charge >= 0.3 is 0 Å². The molecule has 0 aromatic carbocycles. The monoisotopic (exact) mass is 266 g/mol. The molecule has 3 heteroatoms. The first-order valence-corrected chi connectivity index (χ1v) is 8.24. The van der Waals surface area contributed by atoms with E-state index in [9.17, 15) is 4.79 Å². The fraction of sp³-hybridized carbons (Fsp3) is 0.938. The summed E-state index contributed by atoms with van der Waals surface area (Å²) in [6, 6.07) is 0.390. The van der Waals surface area contributed by atoms with E-state index in [0.29, 0.717) is 12.0 Å². The van der Waals surface area contributed by atoms with Crippen LogP contribution in [0.15, 0.2) is 0 Å². The Morgan fingerprint density at radius 3 is 2.68 bits per heavy atom. The van der Waals surface area contributed by atoms with Crippen LogP contribution in [0.3, 0.4) is 0 Å². The highest BCUT2D eigenvalue weighted by atomic mass is 16.2. The predicted molar refractivity (Wildman–Crippen MR) is 79.0 cm³/mol. The van der Waals surface area contributed by atoms with E-state index in [1.54, 1.807) is 0 Å². The molecule has 110 valence electrons. The van der Waals surface area contributed by atoms with Gasteiger partial charge in [-0.15, -0.1) is 0 Å². The van der Waals surface area contributed by atoms with Crippen molar-refractivity contribution in [3.8, 4) is 0 Å². The molecule has 2 rings (SSSR count). The van der Waals surface area contributed by atoms with Gasteiger partial charge in [0.2, 0.25) is 5.91 Å². The van der Waals surface area contributed by atoms with Crippen LogP contribution in [-0.4, -0.2) is 24.5 Å². The Morgan fingerprint density at radius 1 is 1.26 bits per heavy atom. The fourth-order valence-electron chi connectivity index (χ4n) is 3.64. The molecule has 3 nitrogen and oxygen atoms in total. The molecular formula is C16H30N2O. The summed E-state index contributed by atoms with van der Waals surface area (Å²) in [7, 11) is 0. The second kappa shape index (κ2) is 7.28. The molecule has 1 amide bonds. The van der Waals surface area contributed by atoms with Gasteiger partial charge in [0.25, 0.3) is 0 Å². The van der Waals surface area contributed by atoms with E-state index in [0.717, 1.165) is 18.9 Å². The maximum Gasteiger partial charge on any atom is 0.237 e. The van der Waals surface area contributed by atoms with Crippen molar-refractivity contribution in [1.29, 1.82) is 0 Å². The SMILES string of the molecule is CCC1CCNC(C(=O)N[C@@H](C)C2CCCCC2)C1. The second-order valence-corrected chi connectivity index (χ2v) is 6.50. The number of carbonyl (C=O) groups is 1. The Kier molecular flexibility index (Phi) is 5.68. The van der Waals surface area contributed by atoms with Crippen molar-refractivity contribution in [1.82, 2.24) is 10.6 Å². The summed E-state index contributed by atoms with van der Waals surface area (Å²) >= 11 is 0. The van der Waals surface area contributed by atoms with E-state index in [1.165, 1.54) is 44.9 Å². The molecule has 2 aliphatic rings. The van der Waals surface area contributed by atoms with Gasteiger partial charge in [-0.1, -0.05) is 32.6 Å². The first-order valence-electron chi connectivity index (χ1n) is 8.24. The fourth-order valence-corrected chi connectivity index (χ4v) is 3.64. The van der Waals surface area contributed by atoms with Gasteiger partial charge < -0.3 is 10.6 Å². The van der Waals surface area contributed by atoms with Crippen molar-refractivity contribution in [3.05, 3.63) is 0 Å². The van der Waals surface area contributed by atoms with Gasteiger partial charge in [-0.05, 0) is 51.0 Å². The van der Waals surface area contributed by atoms with E-state index in [4.69, 9.17) is 0 Å². The molecule has 1 saturated heterocycles. The zero-order valence-electron chi connectivity index (χ0n) is 12.6. The zero-order valence-corrected chi connectivity index (χ0v) is 12.6. The van der Waals surface area contributed by atoms with Crippen LogP contribution in [0.2, 0.25) is 0 Å². The molecule has 0 bridgehead atoms. The van der Waals surface area contributed by atoms with Crippen LogP contribution in [0.1, 0.15) is 65.2 Å². The van der Waals surface area contributed by atoms with Gasteiger partial charge in [-0.25, -0.2) is 0 Å². The highest BCUT2D eigenvalue weighted by Gasteiger charge is 2.28. The van der Waals surface area contributed by atoms with Crippen molar-refractivity contribution in [2.45, 2.75) is 77.3 Å². The number of nitrogens with one attached hydrogen (secondary N) is 2. The standard InChI is InChI=1S/C16H30N2O/c1-3-13-9-10-17-15(11-13)16(19)18-12(2)14-7-5-4-6-8-14/h12-15,17H,3-11H2,1-2H3,(H,18,19)/t12-,13?,15?/m0/s1. The van der Waals surface area contributed by atoms with Gasteiger partial charge in [-0.2, -0.15) is 0 Å². The van der Waals surface area contributed by atoms with Crippen LogP contribution < -0.4 is 10.6 Å². The number of rotatable bonds is 4. The third-order valence-electron chi connectivity index (χ3n) is 5.13. The van der Waals surface area contributed by atoms with Crippen LogP contribution in [-0.2, 0) is 4.79 Å². The van der Waals surface area contributed by atoms with Crippen molar-refractivity contribution >= 4 is 5.91 Å². The molecule has 0 radical (unpaired) electrons. The second-order valence-electron chi connectivity index (χ2n) is 6.50. The summed E-state index contributed by atoms with van der Waals surface area (Å²) in [6.07, 6.45) is 10.1. The van der Waals surface area contributed by atoms with Crippen LogP contribution in [0, 0.1) is 11.8 Å². The molecule has 3 atom stereocenters. The number of hydrogen-bond donors (Lipinski definition) is 2. The minimum Gasteiger partial charge on any atom is -0.352 e. The first-order chi connectivity index (χ1) is 9.20. The smallest absolute Gasteiger partial charge is 0.237 e. The van der Waals surface area contributed by atoms with Crippen molar-refractivity contribution in [3.63, 3.8) is 0 Å². The molecule has 0 aromatic heterocycles.